The summed E-state index contributed by atoms with van der Waals surface area (Å²) < 4.78 is 16.6. The molecule has 40 heavy (non-hydrogen) atoms. The van der Waals surface area contributed by atoms with Gasteiger partial charge in [-0.1, -0.05) is 68.2 Å². The number of carbonyl (C=O) groups excluding carboxylic acids is 1. The molecule has 0 fully saturated rings. The molecule has 0 saturated heterocycles. The lowest BCUT2D eigenvalue weighted by atomic mass is 9.88. The van der Waals surface area contributed by atoms with Crippen LogP contribution in [-0.2, 0) is 22.5 Å². The van der Waals surface area contributed by atoms with Crippen LogP contribution >= 0.6 is 11.3 Å². The van der Waals surface area contributed by atoms with Crippen LogP contribution in [0.4, 0.5) is 0 Å². The summed E-state index contributed by atoms with van der Waals surface area (Å²) in [4.78, 5) is 13.7. The number of allylic oxidation sites excluding steroid dienone is 2. The van der Waals surface area contributed by atoms with Gasteiger partial charge in [0, 0.05) is 4.88 Å². The molecule has 2 unspecified atom stereocenters. The summed E-state index contributed by atoms with van der Waals surface area (Å²) in [7, 11) is 3.13. The number of methoxy groups -OCH3 is 2. The van der Waals surface area contributed by atoms with E-state index in [0.717, 1.165) is 30.6 Å². The lowest BCUT2D eigenvalue weighted by Gasteiger charge is -2.20. The minimum absolute atomic E-state index is 0.0952. The van der Waals surface area contributed by atoms with Crippen LogP contribution in [0, 0.1) is 5.92 Å². The molecule has 1 aromatic heterocycles. The minimum Gasteiger partial charge on any atom is -0.497 e. The standard InChI is InChI=1S/C35H44O4S/c1-5-6-7-11-32(39-24-26-13-20-30(37-3)21-14-26)27-16-18-29(19-17-27)34-25(2)12-15-28(34)9-8-10-31-22-23-33(40-31)35(36)38-4/h13-14,16-23,28,32H,5-12,15,24H2,1-4H3. The molecule has 4 rings (SSSR count). The summed E-state index contributed by atoms with van der Waals surface area (Å²) in [5.41, 5.74) is 6.85. The van der Waals surface area contributed by atoms with Gasteiger partial charge in [-0.3, -0.25) is 0 Å². The third-order valence-corrected chi connectivity index (χ3v) is 9.16. The summed E-state index contributed by atoms with van der Waals surface area (Å²) in [5, 5.41) is 0. The zero-order chi connectivity index (χ0) is 28.3. The van der Waals surface area contributed by atoms with E-state index in [1.807, 2.05) is 18.2 Å². The number of thiophene rings is 1. The summed E-state index contributed by atoms with van der Waals surface area (Å²) in [6.07, 6.45) is 10.4. The number of benzene rings is 2. The number of rotatable bonds is 15. The Kier molecular flexibility index (Phi) is 11.4. The molecule has 0 aliphatic heterocycles. The molecule has 0 radical (unpaired) electrons. The molecule has 2 atom stereocenters. The molecule has 4 nitrogen and oxygen atoms in total. The molecule has 0 N–H and O–H groups in total. The second-order valence-electron chi connectivity index (χ2n) is 10.8. The molecule has 5 heteroatoms. The molecule has 214 valence electrons. The van der Waals surface area contributed by atoms with Gasteiger partial charge in [-0.25, -0.2) is 4.79 Å². The van der Waals surface area contributed by atoms with Gasteiger partial charge in [0.2, 0.25) is 0 Å². The van der Waals surface area contributed by atoms with E-state index in [4.69, 9.17) is 14.2 Å². The fourth-order valence-electron chi connectivity index (χ4n) is 5.76. The van der Waals surface area contributed by atoms with Crippen LogP contribution in [0.3, 0.4) is 0 Å². The molecule has 2 aromatic carbocycles. The van der Waals surface area contributed by atoms with Crippen molar-refractivity contribution in [1.82, 2.24) is 0 Å². The first kappa shape index (κ1) is 30.1. The Labute approximate surface area is 244 Å². The Morgan fingerprint density at radius 1 is 0.975 bits per heavy atom. The van der Waals surface area contributed by atoms with Gasteiger partial charge in [-0.05, 0) is 97.9 Å². The van der Waals surface area contributed by atoms with E-state index in [2.05, 4.69) is 56.3 Å². The highest BCUT2D eigenvalue weighted by Gasteiger charge is 2.24. The monoisotopic (exact) mass is 560 g/mol. The maximum atomic E-state index is 11.8. The molecule has 0 amide bonds. The molecule has 3 aromatic rings. The van der Waals surface area contributed by atoms with Gasteiger partial charge in [0.15, 0.2) is 0 Å². The fraction of sp³-hybridized carbons (Fsp3) is 0.457. The largest absolute Gasteiger partial charge is 0.497 e. The van der Waals surface area contributed by atoms with E-state index in [1.165, 1.54) is 72.8 Å². The number of esters is 1. The molecule has 1 aliphatic carbocycles. The Bertz CT molecular complexity index is 1240. The number of unbranched alkanes of at least 4 members (excludes halogenated alkanes) is 2. The van der Waals surface area contributed by atoms with Crippen molar-refractivity contribution >= 4 is 22.9 Å². The highest BCUT2D eigenvalue weighted by molar-refractivity contribution is 7.13. The Balaban J connectivity index is 1.38. The summed E-state index contributed by atoms with van der Waals surface area (Å²) in [6, 6.07) is 21.3. The molecular weight excluding hydrogens is 516 g/mol. The summed E-state index contributed by atoms with van der Waals surface area (Å²) >= 11 is 1.56. The molecule has 0 spiro atoms. The van der Waals surface area contributed by atoms with E-state index >= 15 is 0 Å². The first-order valence-electron chi connectivity index (χ1n) is 14.7. The molecular formula is C35H44O4S. The topological polar surface area (TPSA) is 44.8 Å². The predicted molar refractivity (Wildman–Crippen MR) is 165 cm³/mol. The van der Waals surface area contributed by atoms with Gasteiger partial charge < -0.3 is 14.2 Å². The normalized spacial score (nSPS) is 15.8. The third-order valence-electron chi connectivity index (χ3n) is 8.03. The van der Waals surface area contributed by atoms with Crippen molar-refractivity contribution in [3.63, 3.8) is 0 Å². The van der Waals surface area contributed by atoms with Gasteiger partial charge in [-0.15, -0.1) is 11.3 Å². The third kappa shape index (κ3) is 8.08. The van der Waals surface area contributed by atoms with E-state index in [9.17, 15) is 4.79 Å². The maximum Gasteiger partial charge on any atom is 0.348 e. The van der Waals surface area contributed by atoms with Crippen LogP contribution in [-0.4, -0.2) is 20.2 Å². The van der Waals surface area contributed by atoms with Crippen LogP contribution in [0.2, 0.25) is 0 Å². The maximum absolute atomic E-state index is 11.8. The van der Waals surface area contributed by atoms with Crippen molar-refractivity contribution in [2.75, 3.05) is 14.2 Å². The first-order valence-corrected chi connectivity index (χ1v) is 15.6. The van der Waals surface area contributed by atoms with Crippen molar-refractivity contribution in [3.8, 4) is 5.75 Å². The fourth-order valence-corrected chi connectivity index (χ4v) is 6.72. The van der Waals surface area contributed by atoms with Crippen molar-refractivity contribution in [1.29, 1.82) is 0 Å². The molecule has 0 bridgehead atoms. The highest BCUT2D eigenvalue weighted by Crippen LogP contribution is 2.42. The van der Waals surface area contributed by atoms with Crippen molar-refractivity contribution in [2.45, 2.75) is 84.3 Å². The number of hydrogen-bond acceptors (Lipinski definition) is 5. The molecule has 0 saturated carbocycles. The Morgan fingerprint density at radius 2 is 1.75 bits per heavy atom. The van der Waals surface area contributed by atoms with Crippen molar-refractivity contribution in [3.05, 3.63) is 92.7 Å². The predicted octanol–water partition coefficient (Wildman–Crippen LogP) is 9.59. The smallest absolute Gasteiger partial charge is 0.348 e. The average molecular weight is 561 g/mol. The van der Waals surface area contributed by atoms with Crippen LogP contribution in [0.25, 0.3) is 5.57 Å². The van der Waals surface area contributed by atoms with E-state index in [0.29, 0.717) is 17.4 Å². The van der Waals surface area contributed by atoms with Crippen LogP contribution < -0.4 is 4.74 Å². The van der Waals surface area contributed by atoms with Gasteiger partial charge in [0.1, 0.15) is 10.6 Å². The zero-order valence-corrected chi connectivity index (χ0v) is 25.4. The van der Waals surface area contributed by atoms with Gasteiger partial charge >= 0.3 is 5.97 Å². The SMILES string of the molecule is CCCCCC(OCc1ccc(OC)cc1)c1ccc(C2=C(C)CCC2CCCc2ccc(C(=O)OC)s2)cc1. The number of ether oxygens (including phenoxy) is 3. The lowest BCUT2D eigenvalue weighted by molar-refractivity contribution is 0.0322. The summed E-state index contributed by atoms with van der Waals surface area (Å²) in [5.74, 6) is 1.22. The second-order valence-corrected chi connectivity index (χ2v) is 12.0. The average Bonchev–Trinajstić information content (AvgIpc) is 3.61. The van der Waals surface area contributed by atoms with E-state index in [-0.39, 0.29) is 12.1 Å². The lowest BCUT2D eigenvalue weighted by Crippen LogP contribution is -2.06. The molecule has 1 heterocycles. The summed E-state index contributed by atoms with van der Waals surface area (Å²) in [6.45, 7) is 5.15. The second kappa shape index (κ2) is 15.2. The van der Waals surface area contributed by atoms with E-state index < -0.39 is 0 Å². The Hall–Kier alpha value is -2.89. The van der Waals surface area contributed by atoms with Crippen LogP contribution in [0.1, 0.15) is 103 Å². The van der Waals surface area contributed by atoms with Gasteiger partial charge in [0.25, 0.3) is 0 Å². The van der Waals surface area contributed by atoms with Gasteiger partial charge in [0.05, 0.1) is 26.9 Å². The first-order chi connectivity index (χ1) is 19.5. The van der Waals surface area contributed by atoms with Crippen LogP contribution in [0.5, 0.6) is 5.75 Å². The number of hydrogen-bond donors (Lipinski definition) is 0. The van der Waals surface area contributed by atoms with Gasteiger partial charge in [-0.2, -0.15) is 0 Å². The quantitative estimate of drug-likeness (QED) is 0.137. The van der Waals surface area contributed by atoms with Crippen molar-refractivity contribution in [2.24, 2.45) is 5.92 Å². The van der Waals surface area contributed by atoms with E-state index in [1.54, 1.807) is 18.4 Å². The van der Waals surface area contributed by atoms with Crippen LogP contribution in [0.15, 0.2) is 66.2 Å². The zero-order valence-electron chi connectivity index (χ0n) is 24.5. The highest BCUT2D eigenvalue weighted by atomic mass is 32.1. The number of aryl methyl sites for hydroxylation is 1. The van der Waals surface area contributed by atoms with Crippen molar-refractivity contribution < 1.29 is 19.0 Å². The number of carbonyl (C=O) groups is 1. The minimum atomic E-state index is -0.241. The Morgan fingerprint density at radius 3 is 2.45 bits per heavy atom. The molecule has 1 aliphatic rings.